The molecule has 0 radical (unpaired) electrons. The van der Waals surface area contributed by atoms with Crippen molar-refractivity contribution in [2.24, 2.45) is 17.8 Å². The molecule has 0 heterocycles. The molecule has 0 saturated heterocycles. The van der Waals surface area contributed by atoms with Crippen LogP contribution in [0.15, 0.2) is 0 Å². The normalized spacial score (nSPS) is 31.9. The SMILES string of the molecule is CS(=O)(=O)CCCC(=O)CC1CC2CCC1C2. The Morgan fingerprint density at radius 3 is 2.53 bits per heavy atom. The van der Waals surface area contributed by atoms with Crippen LogP contribution in [0.5, 0.6) is 0 Å². The van der Waals surface area contributed by atoms with Gasteiger partial charge >= 0.3 is 0 Å². The van der Waals surface area contributed by atoms with E-state index >= 15 is 0 Å². The van der Waals surface area contributed by atoms with Crippen LogP contribution in [0.1, 0.15) is 44.9 Å². The van der Waals surface area contributed by atoms with Gasteiger partial charge < -0.3 is 0 Å². The zero-order valence-corrected chi connectivity index (χ0v) is 11.3. The van der Waals surface area contributed by atoms with E-state index in [0.717, 1.165) is 11.8 Å². The molecule has 4 heteroatoms. The molecule has 3 atom stereocenters. The molecule has 2 aliphatic carbocycles. The highest BCUT2D eigenvalue weighted by molar-refractivity contribution is 7.90. The van der Waals surface area contributed by atoms with Gasteiger partial charge in [-0.1, -0.05) is 6.42 Å². The molecule has 2 rings (SSSR count). The Hall–Kier alpha value is -0.380. The maximum atomic E-state index is 11.8. The fourth-order valence-corrected chi connectivity index (χ4v) is 4.22. The minimum atomic E-state index is -2.91. The van der Waals surface area contributed by atoms with E-state index in [1.165, 1.54) is 31.9 Å². The number of ketones is 1. The Labute approximate surface area is 104 Å². The van der Waals surface area contributed by atoms with Crippen molar-refractivity contribution in [3.8, 4) is 0 Å². The van der Waals surface area contributed by atoms with Crippen molar-refractivity contribution in [1.82, 2.24) is 0 Å². The summed E-state index contributed by atoms with van der Waals surface area (Å²) in [5.74, 6) is 2.70. The molecular weight excluding hydrogens is 236 g/mol. The molecule has 2 fully saturated rings. The zero-order chi connectivity index (χ0) is 12.5. The lowest BCUT2D eigenvalue weighted by Crippen LogP contribution is -2.15. The largest absolute Gasteiger partial charge is 0.300 e. The van der Waals surface area contributed by atoms with Gasteiger partial charge in [-0.15, -0.1) is 0 Å². The first kappa shape index (κ1) is 13.1. The maximum Gasteiger partial charge on any atom is 0.147 e. The molecule has 0 aliphatic heterocycles. The number of Topliss-reactive ketones (excluding diaryl/α,β-unsaturated/α-hetero) is 1. The summed E-state index contributed by atoms with van der Waals surface area (Å²) in [6, 6.07) is 0. The monoisotopic (exact) mass is 258 g/mol. The lowest BCUT2D eigenvalue weighted by molar-refractivity contribution is -0.120. The number of rotatable bonds is 6. The fraction of sp³-hybridized carbons (Fsp3) is 0.923. The van der Waals surface area contributed by atoms with Crippen molar-refractivity contribution in [1.29, 1.82) is 0 Å². The molecule has 2 saturated carbocycles. The molecule has 17 heavy (non-hydrogen) atoms. The van der Waals surface area contributed by atoms with Gasteiger partial charge in [-0.05, 0) is 43.4 Å². The minimum Gasteiger partial charge on any atom is -0.300 e. The van der Waals surface area contributed by atoms with Crippen LogP contribution in [0.2, 0.25) is 0 Å². The summed E-state index contributed by atoms with van der Waals surface area (Å²) in [7, 11) is -2.91. The topological polar surface area (TPSA) is 51.2 Å². The van der Waals surface area contributed by atoms with E-state index in [2.05, 4.69) is 0 Å². The van der Waals surface area contributed by atoms with Crippen LogP contribution < -0.4 is 0 Å². The van der Waals surface area contributed by atoms with E-state index in [0.29, 0.717) is 25.2 Å². The van der Waals surface area contributed by atoms with Gasteiger partial charge in [0.1, 0.15) is 15.6 Å². The third-order valence-corrected chi connectivity index (χ3v) is 5.38. The highest BCUT2D eigenvalue weighted by Gasteiger charge is 2.39. The lowest BCUT2D eigenvalue weighted by Gasteiger charge is -2.20. The van der Waals surface area contributed by atoms with Crippen LogP contribution in [0, 0.1) is 17.8 Å². The lowest BCUT2D eigenvalue weighted by atomic mass is 9.85. The quantitative estimate of drug-likeness (QED) is 0.734. The third-order valence-electron chi connectivity index (χ3n) is 4.35. The van der Waals surface area contributed by atoms with Gasteiger partial charge in [0, 0.05) is 19.1 Å². The van der Waals surface area contributed by atoms with Crippen molar-refractivity contribution in [2.45, 2.75) is 44.9 Å². The average Bonchev–Trinajstić information content (AvgIpc) is 2.76. The molecule has 2 bridgehead atoms. The highest BCUT2D eigenvalue weighted by Crippen LogP contribution is 2.49. The Bertz CT molecular complexity index is 385. The standard InChI is InChI=1S/C13H22O3S/c1-17(15,16)6-2-3-13(14)9-12-8-10-4-5-11(12)7-10/h10-12H,2-9H2,1H3. The van der Waals surface area contributed by atoms with Gasteiger partial charge in [-0.25, -0.2) is 8.42 Å². The second-order valence-electron chi connectivity index (χ2n) is 5.91. The Kier molecular flexibility index (Phi) is 3.91. The van der Waals surface area contributed by atoms with Gasteiger partial charge in [-0.3, -0.25) is 4.79 Å². The third kappa shape index (κ3) is 3.80. The number of carbonyl (C=O) groups excluding carboxylic acids is 1. The number of hydrogen-bond donors (Lipinski definition) is 0. The van der Waals surface area contributed by atoms with Crippen LogP contribution in [0.4, 0.5) is 0 Å². The van der Waals surface area contributed by atoms with Crippen molar-refractivity contribution in [3.63, 3.8) is 0 Å². The Morgan fingerprint density at radius 2 is 2.00 bits per heavy atom. The summed E-state index contributed by atoms with van der Waals surface area (Å²) in [6.45, 7) is 0. The highest BCUT2D eigenvalue weighted by atomic mass is 32.2. The van der Waals surface area contributed by atoms with Gasteiger partial charge in [-0.2, -0.15) is 0 Å². The van der Waals surface area contributed by atoms with E-state index in [9.17, 15) is 13.2 Å². The van der Waals surface area contributed by atoms with Crippen molar-refractivity contribution in [2.75, 3.05) is 12.0 Å². The number of sulfone groups is 1. The van der Waals surface area contributed by atoms with Crippen LogP contribution in [0.25, 0.3) is 0 Å². The van der Waals surface area contributed by atoms with Gasteiger partial charge in [0.05, 0.1) is 5.75 Å². The summed E-state index contributed by atoms with van der Waals surface area (Å²) in [5.41, 5.74) is 0. The Balaban J connectivity index is 1.68. The molecule has 2 aliphatic rings. The summed E-state index contributed by atoms with van der Waals surface area (Å²) < 4.78 is 21.9. The predicted molar refractivity (Wildman–Crippen MR) is 67.5 cm³/mol. The number of carbonyl (C=O) groups is 1. The smallest absolute Gasteiger partial charge is 0.147 e. The van der Waals surface area contributed by atoms with Crippen molar-refractivity contribution < 1.29 is 13.2 Å². The second-order valence-corrected chi connectivity index (χ2v) is 8.17. The summed E-state index contributed by atoms with van der Waals surface area (Å²) >= 11 is 0. The molecule has 3 unspecified atom stereocenters. The van der Waals surface area contributed by atoms with Gasteiger partial charge in [0.25, 0.3) is 0 Å². The maximum absolute atomic E-state index is 11.8. The first-order valence-corrected chi connectivity index (χ1v) is 8.69. The van der Waals surface area contributed by atoms with Crippen LogP contribution in [-0.2, 0) is 14.6 Å². The van der Waals surface area contributed by atoms with Gasteiger partial charge in [0.15, 0.2) is 0 Å². The van der Waals surface area contributed by atoms with E-state index in [1.54, 1.807) is 0 Å². The van der Waals surface area contributed by atoms with Crippen molar-refractivity contribution in [3.05, 3.63) is 0 Å². The molecule has 0 aromatic carbocycles. The molecule has 0 amide bonds. The molecule has 0 N–H and O–H groups in total. The van der Waals surface area contributed by atoms with E-state index in [4.69, 9.17) is 0 Å². The van der Waals surface area contributed by atoms with Crippen LogP contribution in [-0.4, -0.2) is 26.2 Å². The summed E-state index contributed by atoms with van der Waals surface area (Å²) in [4.78, 5) is 11.8. The van der Waals surface area contributed by atoms with E-state index in [-0.39, 0.29) is 11.5 Å². The van der Waals surface area contributed by atoms with Crippen LogP contribution >= 0.6 is 0 Å². The fourth-order valence-electron chi connectivity index (χ4n) is 3.55. The van der Waals surface area contributed by atoms with E-state index in [1.807, 2.05) is 0 Å². The average molecular weight is 258 g/mol. The van der Waals surface area contributed by atoms with Crippen LogP contribution in [0.3, 0.4) is 0 Å². The molecular formula is C13H22O3S. The predicted octanol–water partition coefficient (Wildman–Crippen LogP) is 2.21. The molecule has 0 aromatic heterocycles. The molecule has 0 aromatic rings. The molecule has 98 valence electrons. The molecule has 3 nitrogen and oxygen atoms in total. The van der Waals surface area contributed by atoms with Gasteiger partial charge in [0.2, 0.25) is 0 Å². The summed E-state index contributed by atoms with van der Waals surface area (Å²) in [5, 5.41) is 0. The number of hydrogen-bond acceptors (Lipinski definition) is 3. The first-order chi connectivity index (χ1) is 7.94. The first-order valence-electron chi connectivity index (χ1n) is 6.63. The number of fused-ring (bicyclic) bond motifs is 2. The summed E-state index contributed by atoms with van der Waals surface area (Å²) in [6.07, 6.45) is 8.12. The minimum absolute atomic E-state index is 0.148. The van der Waals surface area contributed by atoms with E-state index < -0.39 is 9.84 Å². The second kappa shape index (κ2) is 5.09. The Morgan fingerprint density at radius 1 is 1.24 bits per heavy atom. The van der Waals surface area contributed by atoms with Crippen molar-refractivity contribution >= 4 is 15.6 Å². The zero-order valence-electron chi connectivity index (χ0n) is 10.5. The molecule has 0 spiro atoms.